The lowest BCUT2D eigenvalue weighted by Gasteiger charge is -2.09. The van der Waals surface area contributed by atoms with E-state index in [4.69, 9.17) is 0 Å². The van der Waals surface area contributed by atoms with Gasteiger partial charge in [0.25, 0.3) is 5.91 Å². The first-order valence-corrected chi connectivity index (χ1v) is 8.78. The van der Waals surface area contributed by atoms with E-state index >= 15 is 0 Å². The molecule has 2 heterocycles. The molecule has 146 valence electrons. The maximum atomic E-state index is 12.3. The van der Waals surface area contributed by atoms with Crippen LogP contribution in [0.5, 0.6) is 5.75 Å². The third-order valence-corrected chi connectivity index (χ3v) is 4.04. The fraction of sp³-hybridized carbons (Fsp3) is 0.176. The molecule has 2 N–H and O–H groups in total. The number of nitrogens with one attached hydrogen (secondary N) is 2. The molecule has 0 saturated heterocycles. The molecule has 7 nitrogen and oxygen atoms in total. The van der Waals surface area contributed by atoms with Gasteiger partial charge in [-0.15, -0.1) is 24.5 Å². The number of carbonyl (C=O) groups is 1. The van der Waals surface area contributed by atoms with Crippen molar-refractivity contribution in [2.75, 3.05) is 10.6 Å². The number of thiazole rings is 1. The summed E-state index contributed by atoms with van der Waals surface area (Å²) in [5.41, 5.74) is 2.04. The number of carbonyl (C=O) groups excluding carboxylic acids is 1. The molecule has 2 aromatic heterocycles. The third kappa shape index (κ3) is 5.39. The molecule has 0 aliphatic carbocycles. The summed E-state index contributed by atoms with van der Waals surface area (Å²) < 4.78 is 40.3. The number of benzene rings is 1. The zero-order valence-electron chi connectivity index (χ0n) is 14.7. The molecule has 0 saturated carbocycles. The van der Waals surface area contributed by atoms with Crippen LogP contribution < -0.4 is 15.4 Å². The van der Waals surface area contributed by atoms with Gasteiger partial charge in [0.05, 0.1) is 0 Å². The highest BCUT2D eigenvalue weighted by Crippen LogP contribution is 2.25. The molecule has 0 unspecified atom stereocenters. The maximum absolute atomic E-state index is 12.3. The van der Waals surface area contributed by atoms with Gasteiger partial charge in [-0.25, -0.2) is 15.0 Å². The molecule has 0 radical (unpaired) electrons. The quantitative estimate of drug-likeness (QED) is 0.648. The first-order valence-electron chi connectivity index (χ1n) is 7.90. The van der Waals surface area contributed by atoms with E-state index < -0.39 is 12.3 Å². The number of anilines is 3. The highest BCUT2D eigenvalue weighted by atomic mass is 32.1. The topological polar surface area (TPSA) is 89.0 Å². The molecule has 28 heavy (non-hydrogen) atoms. The molecule has 3 aromatic rings. The second kappa shape index (κ2) is 7.80. The van der Waals surface area contributed by atoms with Crippen molar-refractivity contribution in [2.24, 2.45) is 0 Å². The molecule has 1 amide bonds. The van der Waals surface area contributed by atoms with Crippen LogP contribution in [0.25, 0.3) is 0 Å². The smallest absolute Gasteiger partial charge is 0.406 e. The van der Waals surface area contributed by atoms with Crippen molar-refractivity contribution >= 4 is 34.0 Å². The Morgan fingerprint density at radius 2 is 1.71 bits per heavy atom. The van der Waals surface area contributed by atoms with E-state index in [2.05, 4.69) is 30.3 Å². The van der Waals surface area contributed by atoms with Gasteiger partial charge in [-0.3, -0.25) is 4.79 Å². The van der Waals surface area contributed by atoms with Crippen LogP contribution in [-0.2, 0) is 0 Å². The number of aryl methyl sites for hydroxylation is 2. The van der Waals surface area contributed by atoms with E-state index in [-0.39, 0.29) is 11.4 Å². The van der Waals surface area contributed by atoms with Gasteiger partial charge in [-0.05, 0) is 44.2 Å². The molecular formula is C17H14F3N5O2S. The fourth-order valence-electron chi connectivity index (χ4n) is 2.25. The fourth-order valence-corrected chi connectivity index (χ4v) is 2.93. The summed E-state index contributed by atoms with van der Waals surface area (Å²) in [6.45, 7) is 3.68. The first-order chi connectivity index (χ1) is 13.2. The molecule has 3 rings (SSSR count). The Hall–Kier alpha value is -3.21. The zero-order valence-corrected chi connectivity index (χ0v) is 15.5. The van der Waals surface area contributed by atoms with Gasteiger partial charge in [0.1, 0.15) is 11.4 Å². The number of alkyl halides is 3. The average Bonchev–Trinajstić information content (AvgIpc) is 3.03. The third-order valence-electron chi connectivity index (χ3n) is 3.28. The van der Waals surface area contributed by atoms with Gasteiger partial charge < -0.3 is 15.4 Å². The predicted octanol–water partition coefficient (Wildman–Crippen LogP) is 4.44. The molecule has 0 fully saturated rings. The van der Waals surface area contributed by atoms with Gasteiger partial charge in [0, 0.05) is 22.5 Å². The van der Waals surface area contributed by atoms with Crippen LogP contribution in [-0.4, -0.2) is 27.2 Å². The number of nitrogens with zero attached hydrogens (tertiary/aromatic N) is 3. The second-order valence-corrected chi connectivity index (χ2v) is 6.52. The molecule has 0 spiro atoms. The van der Waals surface area contributed by atoms with Gasteiger partial charge in [0.2, 0.25) is 5.95 Å². The van der Waals surface area contributed by atoms with Gasteiger partial charge in [-0.1, -0.05) is 0 Å². The van der Waals surface area contributed by atoms with Gasteiger partial charge >= 0.3 is 6.36 Å². The summed E-state index contributed by atoms with van der Waals surface area (Å²) in [7, 11) is 0. The van der Waals surface area contributed by atoms with Crippen LogP contribution in [0.1, 0.15) is 21.9 Å². The zero-order chi connectivity index (χ0) is 20.3. The van der Waals surface area contributed by atoms with Gasteiger partial charge in [-0.2, -0.15) is 0 Å². The van der Waals surface area contributed by atoms with E-state index in [0.717, 1.165) is 23.5 Å². The first kappa shape index (κ1) is 19.5. The van der Waals surface area contributed by atoms with E-state index in [9.17, 15) is 18.0 Å². The number of halogens is 3. The largest absolute Gasteiger partial charge is 0.573 e. The molecule has 11 heteroatoms. The van der Waals surface area contributed by atoms with Crippen molar-refractivity contribution in [1.29, 1.82) is 0 Å². The Morgan fingerprint density at radius 1 is 1.07 bits per heavy atom. The standard InChI is InChI=1S/C17H14F3N5O2S/c1-9-7-10(2)22-15(21-9)25-16-24-13(8-28-16)14(26)23-11-3-5-12(6-4-11)27-17(18,19)20/h3-8H,1-2H3,(H,23,26)(H,21,22,24,25). The summed E-state index contributed by atoms with van der Waals surface area (Å²) in [5, 5.41) is 7.47. The Morgan fingerprint density at radius 3 is 2.32 bits per heavy atom. The Kier molecular flexibility index (Phi) is 5.45. The molecule has 0 aliphatic rings. The minimum Gasteiger partial charge on any atom is -0.406 e. The number of aromatic nitrogens is 3. The predicted molar refractivity (Wildman–Crippen MR) is 98.0 cm³/mol. The average molecular weight is 409 g/mol. The van der Waals surface area contributed by atoms with E-state index in [1.165, 1.54) is 23.5 Å². The SMILES string of the molecule is Cc1cc(C)nc(Nc2nc(C(=O)Nc3ccc(OC(F)(F)F)cc3)cs2)n1. The van der Waals surface area contributed by atoms with Gasteiger partial charge in [0.15, 0.2) is 5.13 Å². The van der Waals surface area contributed by atoms with Crippen LogP contribution in [0.2, 0.25) is 0 Å². The number of hydrogen-bond acceptors (Lipinski definition) is 7. The summed E-state index contributed by atoms with van der Waals surface area (Å²) in [4.78, 5) is 24.9. The number of hydrogen-bond donors (Lipinski definition) is 2. The van der Waals surface area contributed by atoms with E-state index in [1.807, 2.05) is 19.9 Å². The van der Waals surface area contributed by atoms with Crippen LogP contribution in [0, 0.1) is 13.8 Å². The molecule has 0 aliphatic heterocycles. The summed E-state index contributed by atoms with van der Waals surface area (Å²) >= 11 is 1.20. The monoisotopic (exact) mass is 409 g/mol. The number of ether oxygens (including phenoxy) is 1. The normalized spacial score (nSPS) is 11.2. The highest BCUT2D eigenvalue weighted by Gasteiger charge is 2.31. The summed E-state index contributed by atoms with van der Waals surface area (Å²) in [6.07, 6.45) is -4.77. The van der Waals surface area contributed by atoms with Crippen molar-refractivity contribution in [3.63, 3.8) is 0 Å². The Bertz CT molecular complexity index is 969. The second-order valence-electron chi connectivity index (χ2n) is 5.66. The Labute approximate surface area is 161 Å². The number of rotatable bonds is 5. The summed E-state index contributed by atoms with van der Waals surface area (Å²) in [6, 6.07) is 6.64. The molecule has 0 atom stereocenters. The highest BCUT2D eigenvalue weighted by molar-refractivity contribution is 7.14. The van der Waals surface area contributed by atoms with Crippen LogP contribution in [0.4, 0.5) is 29.9 Å². The minimum atomic E-state index is -4.77. The van der Waals surface area contributed by atoms with Crippen molar-refractivity contribution in [3.8, 4) is 5.75 Å². The molecule has 1 aromatic carbocycles. The van der Waals surface area contributed by atoms with Crippen molar-refractivity contribution < 1.29 is 22.7 Å². The van der Waals surface area contributed by atoms with Crippen LogP contribution in [0.3, 0.4) is 0 Å². The molecule has 0 bridgehead atoms. The van der Waals surface area contributed by atoms with Crippen LogP contribution >= 0.6 is 11.3 Å². The Balaban J connectivity index is 1.64. The molecular weight excluding hydrogens is 395 g/mol. The van der Waals surface area contributed by atoms with Crippen molar-refractivity contribution in [2.45, 2.75) is 20.2 Å². The maximum Gasteiger partial charge on any atom is 0.573 e. The van der Waals surface area contributed by atoms with Crippen molar-refractivity contribution in [1.82, 2.24) is 15.0 Å². The van der Waals surface area contributed by atoms with E-state index in [1.54, 1.807) is 5.38 Å². The lowest BCUT2D eigenvalue weighted by Crippen LogP contribution is -2.17. The lowest BCUT2D eigenvalue weighted by molar-refractivity contribution is -0.274. The summed E-state index contributed by atoms with van der Waals surface area (Å²) in [5.74, 6) is -0.506. The van der Waals surface area contributed by atoms with Crippen molar-refractivity contribution in [3.05, 3.63) is 52.8 Å². The minimum absolute atomic E-state index is 0.146. The lowest BCUT2D eigenvalue weighted by atomic mass is 10.3. The van der Waals surface area contributed by atoms with E-state index in [0.29, 0.717) is 16.8 Å². The number of amides is 1. The van der Waals surface area contributed by atoms with Crippen LogP contribution in [0.15, 0.2) is 35.7 Å².